The lowest BCUT2D eigenvalue weighted by Crippen LogP contribution is -2.47. The van der Waals surface area contributed by atoms with Crippen LogP contribution in [0.15, 0.2) is 48.7 Å². The second-order valence-corrected chi connectivity index (χ2v) is 4.98. The fourth-order valence-corrected chi connectivity index (χ4v) is 2.65. The number of para-hydroxylation sites is 1. The summed E-state index contributed by atoms with van der Waals surface area (Å²) in [6.45, 7) is 3.26. The average molecular weight is 283 g/mol. The fourth-order valence-electron chi connectivity index (χ4n) is 2.65. The van der Waals surface area contributed by atoms with E-state index in [2.05, 4.69) is 14.8 Å². The van der Waals surface area contributed by atoms with E-state index in [1.807, 2.05) is 30.3 Å². The van der Waals surface area contributed by atoms with Crippen LogP contribution in [0.3, 0.4) is 0 Å². The zero-order valence-corrected chi connectivity index (χ0v) is 11.6. The third-order valence-corrected chi connectivity index (χ3v) is 3.73. The first-order valence-electron chi connectivity index (χ1n) is 6.99. The van der Waals surface area contributed by atoms with Crippen LogP contribution in [0.5, 0.6) is 0 Å². The van der Waals surface area contributed by atoms with Gasteiger partial charge in [-0.25, -0.2) is 9.78 Å². The highest BCUT2D eigenvalue weighted by molar-refractivity contribution is 5.94. The Morgan fingerprint density at radius 2 is 1.62 bits per heavy atom. The maximum absolute atomic E-state index is 11.3. The molecule has 3 rings (SSSR count). The molecule has 0 spiro atoms. The number of piperazine rings is 1. The minimum atomic E-state index is -0.877. The molecule has 0 bridgehead atoms. The summed E-state index contributed by atoms with van der Waals surface area (Å²) in [6.07, 6.45) is 1.79. The van der Waals surface area contributed by atoms with Gasteiger partial charge in [0.25, 0.3) is 0 Å². The second-order valence-electron chi connectivity index (χ2n) is 4.98. The summed E-state index contributed by atoms with van der Waals surface area (Å²) in [5.41, 5.74) is 1.16. The van der Waals surface area contributed by atoms with Crippen molar-refractivity contribution in [1.82, 2.24) is 4.98 Å². The second kappa shape index (κ2) is 5.83. The molecule has 2 aromatic rings. The number of benzene rings is 1. The molecule has 1 aliphatic heterocycles. The van der Waals surface area contributed by atoms with E-state index in [-0.39, 0.29) is 0 Å². The van der Waals surface area contributed by atoms with Crippen LogP contribution in [-0.2, 0) is 0 Å². The smallest absolute Gasteiger partial charge is 0.337 e. The minimum Gasteiger partial charge on any atom is -0.478 e. The van der Waals surface area contributed by atoms with Gasteiger partial charge in [0.2, 0.25) is 0 Å². The van der Waals surface area contributed by atoms with Gasteiger partial charge in [0.1, 0.15) is 5.82 Å². The quantitative estimate of drug-likeness (QED) is 0.935. The first-order valence-corrected chi connectivity index (χ1v) is 6.99. The molecule has 0 aliphatic carbocycles. The van der Waals surface area contributed by atoms with Gasteiger partial charge in [-0.05, 0) is 24.3 Å². The van der Waals surface area contributed by atoms with Gasteiger partial charge >= 0.3 is 5.97 Å². The maximum Gasteiger partial charge on any atom is 0.337 e. The summed E-state index contributed by atoms with van der Waals surface area (Å²) < 4.78 is 0. The monoisotopic (exact) mass is 283 g/mol. The Morgan fingerprint density at radius 1 is 0.952 bits per heavy atom. The number of hydrogen-bond acceptors (Lipinski definition) is 4. The molecule has 1 saturated heterocycles. The molecule has 5 nitrogen and oxygen atoms in total. The normalized spacial score (nSPS) is 15.0. The highest BCUT2D eigenvalue weighted by Crippen LogP contribution is 2.23. The van der Waals surface area contributed by atoms with Crippen molar-refractivity contribution in [3.63, 3.8) is 0 Å². The maximum atomic E-state index is 11.3. The SMILES string of the molecule is O=C(O)c1ccccc1N1CCN(c2ccccn2)CC1. The standard InChI is InChI=1S/C16H17N3O2/c20-16(21)13-5-1-2-6-14(13)18-9-11-19(12-10-18)15-7-3-4-8-17-15/h1-8H,9-12H2,(H,20,21). The predicted molar refractivity (Wildman–Crippen MR) is 82.1 cm³/mol. The van der Waals surface area contributed by atoms with E-state index >= 15 is 0 Å². The Labute approximate surface area is 123 Å². The number of rotatable bonds is 3. The molecule has 0 saturated carbocycles. The fraction of sp³-hybridized carbons (Fsp3) is 0.250. The van der Waals surface area contributed by atoms with Gasteiger partial charge in [0.15, 0.2) is 0 Å². The van der Waals surface area contributed by atoms with Gasteiger partial charge in [-0.1, -0.05) is 18.2 Å². The van der Waals surface area contributed by atoms with Crippen LogP contribution in [0.4, 0.5) is 11.5 Å². The summed E-state index contributed by atoms with van der Waals surface area (Å²) >= 11 is 0. The molecular formula is C16H17N3O2. The Kier molecular flexibility index (Phi) is 3.73. The number of hydrogen-bond donors (Lipinski definition) is 1. The third-order valence-electron chi connectivity index (χ3n) is 3.73. The first-order chi connectivity index (χ1) is 10.3. The molecule has 1 fully saturated rings. The van der Waals surface area contributed by atoms with Crippen molar-refractivity contribution in [1.29, 1.82) is 0 Å². The number of anilines is 2. The van der Waals surface area contributed by atoms with E-state index in [0.717, 1.165) is 37.7 Å². The number of aromatic nitrogens is 1. The van der Waals surface area contributed by atoms with E-state index in [1.54, 1.807) is 18.3 Å². The van der Waals surface area contributed by atoms with Crippen LogP contribution < -0.4 is 9.80 Å². The van der Waals surface area contributed by atoms with Gasteiger partial charge in [-0.3, -0.25) is 0 Å². The first kappa shape index (κ1) is 13.4. The summed E-state index contributed by atoms with van der Waals surface area (Å²) in [7, 11) is 0. The van der Waals surface area contributed by atoms with Gasteiger partial charge < -0.3 is 14.9 Å². The average Bonchev–Trinajstić information content (AvgIpc) is 2.56. The van der Waals surface area contributed by atoms with Crippen molar-refractivity contribution in [3.8, 4) is 0 Å². The Balaban J connectivity index is 1.73. The van der Waals surface area contributed by atoms with Crippen LogP contribution >= 0.6 is 0 Å². The van der Waals surface area contributed by atoms with Crippen LogP contribution in [0, 0.1) is 0 Å². The predicted octanol–water partition coefficient (Wildman–Crippen LogP) is 2.11. The summed E-state index contributed by atoms with van der Waals surface area (Å²) in [5, 5.41) is 9.28. The lowest BCUT2D eigenvalue weighted by atomic mass is 10.1. The highest BCUT2D eigenvalue weighted by Gasteiger charge is 2.21. The minimum absolute atomic E-state index is 0.365. The molecule has 1 N–H and O–H groups in total. The Hall–Kier alpha value is -2.56. The molecule has 5 heteroatoms. The number of aromatic carboxylic acids is 1. The summed E-state index contributed by atoms with van der Waals surface area (Å²) in [4.78, 5) is 20.0. The number of nitrogens with zero attached hydrogens (tertiary/aromatic N) is 3. The van der Waals surface area contributed by atoms with E-state index in [1.165, 1.54) is 0 Å². The topological polar surface area (TPSA) is 56.7 Å². The largest absolute Gasteiger partial charge is 0.478 e. The molecule has 2 heterocycles. The van der Waals surface area contributed by atoms with Crippen molar-refractivity contribution in [2.75, 3.05) is 36.0 Å². The number of pyridine rings is 1. The molecule has 0 amide bonds. The highest BCUT2D eigenvalue weighted by atomic mass is 16.4. The zero-order valence-electron chi connectivity index (χ0n) is 11.6. The number of carbonyl (C=O) groups is 1. The van der Waals surface area contributed by atoms with Gasteiger partial charge in [-0.15, -0.1) is 0 Å². The Morgan fingerprint density at radius 3 is 2.29 bits per heavy atom. The van der Waals surface area contributed by atoms with Crippen molar-refractivity contribution in [2.24, 2.45) is 0 Å². The number of carboxylic acids is 1. The molecular weight excluding hydrogens is 266 g/mol. The third kappa shape index (κ3) is 2.81. The molecule has 21 heavy (non-hydrogen) atoms. The van der Waals surface area contributed by atoms with Gasteiger partial charge in [0, 0.05) is 32.4 Å². The molecule has 0 unspecified atom stereocenters. The molecule has 108 valence electrons. The van der Waals surface area contributed by atoms with Crippen molar-refractivity contribution >= 4 is 17.5 Å². The van der Waals surface area contributed by atoms with E-state index < -0.39 is 5.97 Å². The molecule has 0 radical (unpaired) electrons. The lowest BCUT2D eigenvalue weighted by Gasteiger charge is -2.37. The van der Waals surface area contributed by atoms with Crippen LogP contribution in [0.25, 0.3) is 0 Å². The molecule has 1 aromatic carbocycles. The molecule has 0 atom stereocenters. The van der Waals surface area contributed by atoms with Crippen LogP contribution in [0.1, 0.15) is 10.4 Å². The van der Waals surface area contributed by atoms with Crippen LogP contribution in [-0.4, -0.2) is 42.2 Å². The molecule has 1 aromatic heterocycles. The summed E-state index contributed by atoms with van der Waals surface area (Å²) in [5.74, 6) is 0.0985. The van der Waals surface area contributed by atoms with E-state index in [0.29, 0.717) is 5.56 Å². The summed E-state index contributed by atoms with van der Waals surface area (Å²) in [6, 6.07) is 13.1. The van der Waals surface area contributed by atoms with Crippen LogP contribution in [0.2, 0.25) is 0 Å². The number of carboxylic acid groups (broad SMARTS) is 1. The van der Waals surface area contributed by atoms with Crippen molar-refractivity contribution in [2.45, 2.75) is 0 Å². The zero-order chi connectivity index (χ0) is 14.7. The van der Waals surface area contributed by atoms with Gasteiger partial charge in [0.05, 0.1) is 11.3 Å². The lowest BCUT2D eigenvalue weighted by molar-refractivity contribution is 0.0697. The van der Waals surface area contributed by atoms with Crippen molar-refractivity contribution in [3.05, 3.63) is 54.2 Å². The van der Waals surface area contributed by atoms with Crippen molar-refractivity contribution < 1.29 is 9.90 Å². The van der Waals surface area contributed by atoms with E-state index in [9.17, 15) is 9.90 Å². The van der Waals surface area contributed by atoms with E-state index in [4.69, 9.17) is 0 Å². The van der Waals surface area contributed by atoms with Gasteiger partial charge in [-0.2, -0.15) is 0 Å². The Bertz CT molecular complexity index is 622. The molecule has 1 aliphatic rings.